The van der Waals surface area contributed by atoms with Crippen LogP contribution in [0.3, 0.4) is 0 Å². The van der Waals surface area contributed by atoms with Crippen molar-refractivity contribution in [3.8, 4) is 11.5 Å². The largest absolute Gasteiger partial charge is 0.494 e. The van der Waals surface area contributed by atoms with E-state index < -0.39 is 15.2 Å². The highest BCUT2D eigenvalue weighted by Gasteiger charge is 2.33. The van der Waals surface area contributed by atoms with Gasteiger partial charge >= 0.3 is 0 Å². The van der Waals surface area contributed by atoms with Crippen molar-refractivity contribution >= 4 is 60.4 Å². The number of para-hydroxylation sites is 1. The van der Waals surface area contributed by atoms with Crippen LogP contribution in [0.2, 0.25) is 25.7 Å². The van der Waals surface area contributed by atoms with Crippen molar-refractivity contribution in [1.82, 2.24) is 19.4 Å². The Kier molecular flexibility index (Phi) is 9.58. The SMILES string of the molecule is CCN1CCN2c3cc(OC)c(Nc4nc(Nc5ccccc5P(C)(C)=O)c5ccn(COCC[Si](C)(C)C)c5n4)cc3OC[C@H]2C1. The van der Waals surface area contributed by atoms with Crippen LogP contribution in [-0.2, 0) is 16.0 Å². The minimum Gasteiger partial charge on any atom is -0.494 e. The molecule has 2 aliphatic heterocycles. The molecular weight excluding hydrogens is 629 g/mol. The number of nitrogens with one attached hydrogen (secondary N) is 2. The Hall–Kier alpha value is -3.57. The molecule has 1 saturated heterocycles. The van der Waals surface area contributed by atoms with E-state index in [1.807, 2.05) is 47.2 Å². The van der Waals surface area contributed by atoms with Gasteiger partial charge in [0.15, 0.2) is 0 Å². The van der Waals surface area contributed by atoms with Gasteiger partial charge in [0.2, 0.25) is 5.95 Å². The number of aromatic nitrogens is 3. The number of hydrogen-bond donors (Lipinski definition) is 2. The highest BCUT2D eigenvalue weighted by Crippen LogP contribution is 2.43. The quantitative estimate of drug-likeness (QED) is 0.0996. The molecule has 0 spiro atoms. The molecule has 4 heterocycles. The molecule has 0 bridgehead atoms. The van der Waals surface area contributed by atoms with Crippen molar-refractivity contribution in [3.63, 3.8) is 0 Å². The number of benzene rings is 2. The van der Waals surface area contributed by atoms with Gasteiger partial charge < -0.3 is 38.9 Å². The van der Waals surface area contributed by atoms with E-state index in [9.17, 15) is 4.57 Å². The number of hydrogen-bond acceptors (Lipinski definition) is 10. The van der Waals surface area contributed by atoms with E-state index in [-0.39, 0.29) is 0 Å². The third kappa shape index (κ3) is 7.46. The van der Waals surface area contributed by atoms with E-state index in [0.29, 0.717) is 49.2 Å². The molecule has 0 radical (unpaired) electrons. The monoisotopic (exact) mass is 677 g/mol. The van der Waals surface area contributed by atoms with Crippen molar-refractivity contribution in [2.24, 2.45) is 0 Å². The van der Waals surface area contributed by atoms with E-state index in [0.717, 1.165) is 65.7 Å². The number of piperazine rings is 1. The minimum atomic E-state index is -2.57. The molecule has 11 nitrogen and oxygen atoms in total. The van der Waals surface area contributed by atoms with Gasteiger partial charge in [-0.1, -0.05) is 38.7 Å². The van der Waals surface area contributed by atoms with Crippen LogP contribution < -0.4 is 30.3 Å². The molecule has 6 rings (SSSR count). The number of methoxy groups -OCH3 is 1. The smallest absolute Gasteiger partial charge is 0.231 e. The summed E-state index contributed by atoms with van der Waals surface area (Å²) in [7, 11) is -2.11. The predicted octanol–water partition coefficient (Wildman–Crippen LogP) is 6.39. The number of rotatable bonds is 12. The van der Waals surface area contributed by atoms with E-state index in [1.54, 1.807) is 20.4 Å². The Morgan fingerprint density at radius 1 is 1.06 bits per heavy atom. The number of ether oxygens (including phenoxy) is 3. The van der Waals surface area contributed by atoms with Gasteiger partial charge in [0, 0.05) is 57.9 Å². The van der Waals surface area contributed by atoms with Gasteiger partial charge in [-0.15, -0.1) is 0 Å². The van der Waals surface area contributed by atoms with Crippen LogP contribution >= 0.6 is 7.14 Å². The van der Waals surface area contributed by atoms with E-state index >= 15 is 0 Å². The molecule has 4 aromatic rings. The number of anilines is 5. The maximum absolute atomic E-state index is 13.2. The fourth-order valence-corrected chi connectivity index (χ4v) is 8.08. The summed E-state index contributed by atoms with van der Waals surface area (Å²) in [6, 6.07) is 15.1. The first-order chi connectivity index (χ1) is 22.4. The molecule has 1 fully saturated rings. The first-order valence-corrected chi connectivity index (χ1v) is 22.7. The number of nitrogens with zero attached hydrogens (tertiary/aromatic N) is 5. The van der Waals surface area contributed by atoms with Gasteiger partial charge in [-0.2, -0.15) is 9.97 Å². The summed E-state index contributed by atoms with van der Waals surface area (Å²) >= 11 is 0. The van der Waals surface area contributed by atoms with Crippen LogP contribution in [0.1, 0.15) is 6.92 Å². The Balaban J connectivity index is 1.35. The van der Waals surface area contributed by atoms with Crippen molar-refractivity contribution in [3.05, 3.63) is 48.7 Å². The predicted molar refractivity (Wildman–Crippen MR) is 195 cm³/mol. The summed E-state index contributed by atoms with van der Waals surface area (Å²) < 4.78 is 33.5. The molecule has 13 heteroatoms. The maximum Gasteiger partial charge on any atom is 0.231 e. The highest BCUT2D eigenvalue weighted by molar-refractivity contribution is 7.70. The summed E-state index contributed by atoms with van der Waals surface area (Å²) in [6.45, 7) is 18.5. The molecule has 2 aromatic carbocycles. The average Bonchev–Trinajstić information content (AvgIpc) is 3.44. The Bertz CT molecular complexity index is 1790. The Morgan fingerprint density at radius 3 is 2.62 bits per heavy atom. The topological polar surface area (TPSA) is 106 Å². The molecule has 2 aliphatic rings. The first kappa shape index (κ1) is 33.3. The maximum atomic E-state index is 13.2. The summed E-state index contributed by atoms with van der Waals surface area (Å²) in [6.07, 6.45) is 1.97. The van der Waals surface area contributed by atoms with Crippen LogP contribution in [0.4, 0.5) is 28.8 Å². The summed E-state index contributed by atoms with van der Waals surface area (Å²) in [5.74, 6) is 2.48. The minimum absolute atomic E-state index is 0.310. The lowest BCUT2D eigenvalue weighted by Gasteiger charge is -2.45. The fraction of sp³-hybridized carbons (Fsp3) is 0.471. The molecule has 47 heavy (non-hydrogen) atoms. The molecule has 0 amide bonds. The lowest BCUT2D eigenvalue weighted by atomic mass is 10.1. The second-order valence-corrected chi connectivity index (χ2v) is 22.8. The number of likely N-dealkylation sites (N-methyl/N-ethyl adjacent to an activating group) is 1. The van der Waals surface area contributed by atoms with Gasteiger partial charge in [0.05, 0.1) is 35.6 Å². The van der Waals surface area contributed by atoms with E-state index in [2.05, 4.69) is 53.1 Å². The van der Waals surface area contributed by atoms with Gasteiger partial charge in [0.1, 0.15) is 43.4 Å². The molecule has 1 atom stereocenters. The molecule has 2 aromatic heterocycles. The highest BCUT2D eigenvalue weighted by atomic mass is 31.2. The lowest BCUT2D eigenvalue weighted by Crippen LogP contribution is -2.57. The van der Waals surface area contributed by atoms with Crippen LogP contribution in [-0.4, -0.2) is 93.4 Å². The van der Waals surface area contributed by atoms with Crippen LogP contribution in [0.25, 0.3) is 11.0 Å². The average molecular weight is 678 g/mol. The number of fused-ring (bicyclic) bond motifs is 4. The molecular formula is C34H48N7O4PSi. The van der Waals surface area contributed by atoms with Crippen molar-refractivity contribution in [1.29, 1.82) is 0 Å². The zero-order valence-corrected chi connectivity index (χ0v) is 30.6. The molecule has 252 valence electrons. The van der Waals surface area contributed by atoms with Crippen LogP contribution in [0.15, 0.2) is 48.7 Å². The fourth-order valence-electron chi connectivity index (χ4n) is 6.17. The van der Waals surface area contributed by atoms with Crippen molar-refractivity contribution in [2.45, 2.75) is 45.4 Å². The first-order valence-electron chi connectivity index (χ1n) is 16.4. The summed E-state index contributed by atoms with van der Waals surface area (Å²) in [4.78, 5) is 14.8. The van der Waals surface area contributed by atoms with Crippen LogP contribution in [0.5, 0.6) is 11.5 Å². The van der Waals surface area contributed by atoms with E-state index in [4.69, 9.17) is 24.2 Å². The molecule has 0 aliphatic carbocycles. The second kappa shape index (κ2) is 13.5. The third-order valence-electron chi connectivity index (χ3n) is 8.87. The zero-order chi connectivity index (χ0) is 33.3. The molecule has 0 saturated carbocycles. The summed E-state index contributed by atoms with van der Waals surface area (Å²) in [5, 5.41) is 8.52. The third-order valence-corrected chi connectivity index (χ3v) is 12.1. The lowest BCUT2D eigenvalue weighted by molar-refractivity contribution is 0.0899. The Labute approximate surface area is 279 Å². The van der Waals surface area contributed by atoms with Gasteiger partial charge in [-0.05, 0) is 44.1 Å². The second-order valence-electron chi connectivity index (χ2n) is 14.0. The normalized spacial score (nSPS) is 16.8. The van der Waals surface area contributed by atoms with E-state index in [1.165, 1.54) is 0 Å². The van der Waals surface area contributed by atoms with Crippen molar-refractivity contribution < 1.29 is 18.8 Å². The Morgan fingerprint density at radius 2 is 1.87 bits per heavy atom. The molecule has 2 N–H and O–H groups in total. The standard InChI is InChI=1S/C34H48N7O4PSi/c1-8-39-15-16-41-24(21-39)22-45-30-19-27(29(43-2)20-28(30)41)36-34-37-32(35-26-11-9-10-12-31(26)46(3,4)42)25-13-14-40(33(25)38-34)23-44-17-18-47(5,6)7/h9-14,19-20,24H,8,15-18,21-23H2,1-7H3,(H2,35,36,37,38)/t24-/m1/s1. The van der Waals surface area contributed by atoms with Gasteiger partial charge in [-0.25, -0.2) is 0 Å². The summed E-state index contributed by atoms with van der Waals surface area (Å²) in [5.41, 5.74) is 3.22. The van der Waals surface area contributed by atoms with Crippen molar-refractivity contribution in [2.75, 3.05) is 75.4 Å². The van der Waals surface area contributed by atoms with Crippen LogP contribution in [0, 0.1) is 0 Å². The molecule has 0 unspecified atom stereocenters. The van der Waals surface area contributed by atoms with Gasteiger partial charge in [-0.3, -0.25) is 4.90 Å². The zero-order valence-electron chi connectivity index (χ0n) is 28.7. The van der Waals surface area contributed by atoms with Gasteiger partial charge in [0.25, 0.3) is 0 Å².